The van der Waals surface area contributed by atoms with Crippen LogP contribution in [-0.4, -0.2) is 48.2 Å². The zero-order valence-corrected chi connectivity index (χ0v) is 23.1. The van der Waals surface area contributed by atoms with Crippen LogP contribution in [0.4, 0.5) is 22.8 Å². The number of alkyl halides is 3. The van der Waals surface area contributed by atoms with Crippen LogP contribution < -0.4 is 16.1 Å². The Morgan fingerprint density at radius 1 is 1.03 bits per heavy atom. The third-order valence-corrected chi connectivity index (χ3v) is 6.16. The standard InChI is InChI=1S/C27H39F3N4O5/c1-17(2)21(32-25(37)39-26(3,4)5)22(27(28,29)30)33-34-24(36)31-15-18-11-13-20(14-12-18)23(35)38-16-19-9-7-6-8-10-19/h6-10,17-18,20-21H,11-16H2,1-5H3,(H,32,37)(H2,31,34,36)/b33-22-. The van der Waals surface area contributed by atoms with Crippen LogP contribution in [0.15, 0.2) is 35.4 Å². The SMILES string of the molecule is CC(C)C(NC(=O)OC(C)(C)C)/C(=N/NC(=O)NCC1CCC(C(=O)OCc2ccccc2)CC1)C(F)(F)F. The van der Waals surface area contributed by atoms with Crippen molar-refractivity contribution in [1.29, 1.82) is 0 Å². The number of nitrogens with one attached hydrogen (secondary N) is 3. The van der Waals surface area contributed by atoms with Crippen molar-refractivity contribution in [1.82, 2.24) is 16.1 Å². The van der Waals surface area contributed by atoms with Crippen LogP contribution in [0.1, 0.15) is 65.9 Å². The molecule has 2 rings (SSSR count). The molecule has 218 valence electrons. The van der Waals surface area contributed by atoms with Gasteiger partial charge < -0.3 is 20.1 Å². The number of carbonyl (C=O) groups excluding carboxylic acids is 3. The summed E-state index contributed by atoms with van der Waals surface area (Å²) in [4.78, 5) is 36.7. The van der Waals surface area contributed by atoms with E-state index < -0.39 is 41.6 Å². The Kier molecular flexibility index (Phi) is 11.6. The second kappa shape index (κ2) is 14.2. The fourth-order valence-electron chi connectivity index (χ4n) is 4.13. The van der Waals surface area contributed by atoms with E-state index in [0.717, 1.165) is 5.56 Å². The van der Waals surface area contributed by atoms with Gasteiger partial charge in [0.1, 0.15) is 12.2 Å². The van der Waals surface area contributed by atoms with Gasteiger partial charge in [-0.25, -0.2) is 15.0 Å². The number of benzene rings is 1. The van der Waals surface area contributed by atoms with Gasteiger partial charge in [-0.15, -0.1) is 0 Å². The van der Waals surface area contributed by atoms with E-state index in [1.165, 1.54) is 13.8 Å². The van der Waals surface area contributed by atoms with Crippen LogP contribution in [0.25, 0.3) is 0 Å². The van der Waals surface area contributed by atoms with Gasteiger partial charge in [0.15, 0.2) is 5.71 Å². The molecule has 3 N–H and O–H groups in total. The molecule has 0 bridgehead atoms. The fraction of sp³-hybridized carbons (Fsp3) is 0.630. The number of carbonyl (C=O) groups is 3. The van der Waals surface area contributed by atoms with Crippen LogP contribution in [0.3, 0.4) is 0 Å². The predicted molar refractivity (Wildman–Crippen MR) is 140 cm³/mol. The Morgan fingerprint density at radius 3 is 2.18 bits per heavy atom. The lowest BCUT2D eigenvalue weighted by Crippen LogP contribution is -2.52. The zero-order chi connectivity index (χ0) is 29.2. The molecule has 3 amide bonds. The number of esters is 1. The van der Waals surface area contributed by atoms with E-state index in [-0.39, 0.29) is 31.0 Å². The molecule has 0 radical (unpaired) electrons. The fourth-order valence-corrected chi connectivity index (χ4v) is 4.13. The summed E-state index contributed by atoms with van der Waals surface area (Å²) in [6.07, 6.45) is -3.41. The van der Waals surface area contributed by atoms with Crippen LogP contribution in [0.5, 0.6) is 0 Å². The molecule has 1 saturated carbocycles. The Bertz CT molecular complexity index is 985. The normalized spacial score (nSPS) is 19.2. The molecule has 0 saturated heterocycles. The van der Waals surface area contributed by atoms with Crippen molar-refractivity contribution in [3.05, 3.63) is 35.9 Å². The highest BCUT2D eigenvalue weighted by Gasteiger charge is 2.43. The van der Waals surface area contributed by atoms with Crippen LogP contribution in [-0.2, 0) is 20.9 Å². The van der Waals surface area contributed by atoms with E-state index in [9.17, 15) is 27.6 Å². The third kappa shape index (κ3) is 11.5. The van der Waals surface area contributed by atoms with Gasteiger partial charge in [0.25, 0.3) is 0 Å². The topological polar surface area (TPSA) is 118 Å². The number of halogens is 3. The van der Waals surface area contributed by atoms with E-state index in [1.54, 1.807) is 20.8 Å². The van der Waals surface area contributed by atoms with Crippen molar-refractivity contribution < 1.29 is 37.0 Å². The Hall–Kier alpha value is -3.31. The number of rotatable bonds is 9. The van der Waals surface area contributed by atoms with Crippen molar-refractivity contribution in [2.45, 2.75) is 84.7 Å². The van der Waals surface area contributed by atoms with E-state index in [2.05, 4.69) is 15.7 Å². The first-order valence-corrected chi connectivity index (χ1v) is 13.0. The summed E-state index contributed by atoms with van der Waals surface area (Å²) in [5, 5.41) is 8.04. The largest absolute Gasteiger partial charge is 0.461 e. The molecule has 0 aromatic heterocycles. The van der Waals surface area contributed by atoms with Gasteiger partial charge >= 0.3 is 24.3 Å². The molecule has 0 spiro atoms. The third-order valence-electron chi connectivity index (χ3n) is 6.16. The van der Waals surface area contributed by atoms with Crippen molar-refractivity contribution in [3.63, 3.8) is 0 Å². The van der Waals surface area contributed by atoms with E-state index >= 15 is 0 Å². The Balaban J connectivity index is 1.85. The van der Waals surface area contributed by atoms with E-state index in [1.807, 2.05) is 35.8 Å². The molecule has 0 heterocycles. The van der Waals surface area contributed by atoms with Crippen molar-refractivity contribution in [2.75, 3.05) is 6.54 Å². The number of amides is 3. The van der Waals surface area contributed by atoms with Gasteiger partial charge in [0, 0.05) is 6.54 Å². The number of nitrogens with zero attached hydrogens (tertiary/aromatic N) is 1. The van der Waals surface area contributed by atoms with Gasteiger partial charge in [-0.1, -0.05) is 44.2 Å². The summed E-state index contributed by atoms with van der Waals surface area (Å²) in [5.74, 6) is -1.10. The molecule has 1 aromatic carbocycles. The zero-order valence-electron chi connectivity index (χ0n) is 23.1. The summed E-state index contributed by atoms with van der Waals surface area (Å²) in [5.41, 5.74) is 0.550. The van der Waals surface area contributed by atoms with Crippen molar-refractivity contribution in [3.8, 4) is 0 Å². The first-order chi connectivity index (χ1) is 18.2. The second-order valence-electron chi connectivity index (χ2n) is 11.0. The minimum atomic E-state index is -4.91. The molecule has 0 aliphatic heterocycles. The second-order valence-corrected chi connectivity index (χ2v) is 11.0. The lowest BCUT2D eigenvalue weighted by molar-refractivity contribution is -0.151. The van der Waals surface area contributed by atoms with Gasteiger partial charge in [-0.3, -0.25) is 4.79 Å². The Morgan fingerprint density at radius 2 is 1.64 bits per heavy atom. The number of hydrazone groups is 1. The highest BCUT2D eigenvalue weighted by atomic mass is 19.4. The van der Waals surface area contributed by atoms with E-state index in [4.69, 9.17) is 9.47 Å². The quantitative estimate of drug-likeness (QED) is 0.217. The highest BCUT2D eigenvalue weighted by molar-refractivity contribution is 5.97. The maximum absolute atomic E-state index is 13.8. The van der Waals surface area contributed by atoms with Crippen molar-refractivity contribution >= 4 is 23.8 Å². The number of ether oxygens (including phenoxy) is 2. The molecular formula is C27H39F3N4O5. The van der Waals surface area contributed by atoms with Crippen LogP contribution >= 0.6 is 0 Å². The smallest absolute Gasteiger partial charge is 0.433 e. The Labute approximate surface area is 227 Å². The van der Waals surface area contributed by atoms with Crippen molar-refractivity contribution in [2.24, 2.45) is 22.9 Å². The average Bonchev–Trinajstić information content (AvgIpc) is 2.84. The molecule has 1 fully saturated rings. The van der Waals surface area contributed by atoms with Gasteiger partial charge in [0.05, 0.1) is 12.0 Å². The lowest BCUT2D eigenvalue weighted by atomic mass is 9.82. The molecule has 1 aliphatic rings. The molecule has 12 heteroatoms. The first kappa shape index (κ1) is 31.9. The van der Waals surface area contributed by atoms with Gasteiger partial charge in [0.2, 0.25) is 0 Å². The molecule has 1 aromatic rings. The monoisotopic (exact) mass is 556 g/mol. The molecule has 1 atom stereocenters. The van der Waals surface area contributed by atoms with Gasteiger partial charge in [-0.05, 0) is 63.9 Å². The lowest BCUT2D eigenvalue weighted by Gasteiger charge is -2.28. The number of hydrogen-bond acceptors (Lipinski definition) is 6. The van der Waals surface area contributed by atoms with E-state index in [0.29, 0.717) is 25.7 Å². The van der Waals surface area contributed by atoms with Gasteiger partial charge in [-0.2, -0.15) is 18.3 Å². The minimum absolute atomic E-state index is 0.0669. The molecule has 1 unspecified atom stereocenters. The molecule has 1 aliphatic carbocycles. The molecule has 39 heavy (non-hydrogen) atoms. The summed E-state index contributed by atoms with van der Waals surface area (Å²) in [6.45, 7) is 8.17. The number of urea groups is 1. The molecule has 9 nitrogen and oxygen atoms in total. The summed E-state index contributed by atoms with van der Waals surface area (Å²) >= 11 is 0. The first-order valence-electron chi connectivity index (χ1n) is 13.0. The summed E-state index contributed by atoms with van der Waals surface area (Å²) < 4.78 is 51.8. The maximum Gasteiger partial charge on any atom is 0.433 e. The maximum atomic E-state index is 13.8. The number of alkyl carbamates (subject to hydrolysis) is 1. The average molecular weight is 557 g/mol. The predicted octanol–water partition coefficient (Wildman–Crippen LogP) is 5.30. The highest BCUT2D eigenvalue weighted by Crippen LogP contribution is 2.29. The minimum Gasteiger partial charge on any atom is -0.461 e. The number of hydrogen-bond donors (Lipinski definition) is 3. The summed E-state index contributed by atoms with van der Waals surface area (Å²) in [7, 11) is 0. The van der Waals surface area contributed by atoms with Crippen LogP contribution in [0, 0.1) is 17.8 Å². The van der Waals surface area contributed by atoms with Crippen LogP contribution in [0.2, 0.25) is 0 Å². The summed E-state index contributed by atoms with van der Waals surface area (Å²) in [6, 6.07) is 6.94. The molecular weight excluding hydrogens is 517 g/mol.